The highest BCUT2D eigenvalue weighted by Crippen LogP contribution is 2.20. The summed E-state index contributed by atoms with van der Waals surface area (Å²) in [5.41, 5.74) is 1.89. The van der Waals surface area contributed by atoms with E-state index in [1.54, 1.807) is 23.1 Å². The molecule has 0 aliphatic carbocycles. The maximum absolute atomic E-state index is 13.4. The highest BCUT2D eigenvalue weighted by molar-refractivity contribution is 5.78. The second kappa shape index (κ2) is 8.86. The zero-order valence-corrected chi connectivity index (χ0v) is 15.6. The topological polar surface area (TPSA) is 47.0 Å². The Morgan fingerprint density at radius 1 is 1.11 bits per heavy atom. The maximum Gasteiger partial charge on any atom is 0.237 e. The number of nitrogens with zero attached hydrogens (tertiary/aromatic N) is 3. The minimum absolute atomic E-state index is 0.0693. The van der Waals surface area contributed by atoms with Crippen molar-refractivity contribution in [3.63, 3.8) is 0 Å². The second-order valence-electron chi connectivity index (χ2n) is 6.82. The Kier molecular flexibility index (Phi) is 6.29. The lowest BCUT2D eigenvalue weighted by atomic mass is 10.2. The van der Waals surface area contributed by atoms with Crippen LogP contribution in [0.3, 0.4) is 0 Å². The van der Waals surface area contributed by atoms with Crippen molar-refractivity contribution >= 4 is 11.6 Å². The first kappa shape index (κ1) is 19.2. The van der Waals surface area contributed by atoms with E-state index < -0.39 is 0 Å². The number of phenolic OH excluding ortho intramolecular Hbond substituents is 1. The van der Waals surface area contributed by atoms with Crippen molar-refractivity contribution in [2.75, 3.05) is 44.2 Å². The number of carbonyl (C=O) groups excluding carboxylic acids is 1. The zero-order chi connectivity index (χ0) is 19.2. The average molecular weight is 371 g/mol. The van der Waals surface area contributed by atoms with Gasteiger partial charge in [-0.3, -0.25) is 9.69 Å². The minimum Gasteiger partial charge on any atom is -0.508 e. The molecule has 0 atom stereocenters. The number of amides is 1. The molecule has 0 radical (unpaired) electrons. The number of aromatic hydroxyl groups is 1. The molecule has 1 fully saturated rings. The Labute approximate surface area is 159 Å². The summed E-state index contributed by atoms with van der Waals surface area (Å²) in [6.07, 6.45) is 0. The van der Waals surface area contributed by atoms with Gasteiger partial charge >= 0.3 is 0 Å². The maximum atomic E-state index is 13.4. The van der Waals surface area contributed by atoms with Crippen LogP contribution in [0.25, 0.3) is 0 Å². The molecular formula is C21H26FN3O2. The van der Waals surface area contributed by atoms with Crippen LogP contribution in [0.5, 0.6) is 5.75 Å². The zero-order valence-electron chi connectivity index (χ0n) is 15.6. The number of anilines is 1. The van der Waals surface area contributed by atoms with E-state index in [4.69, 9.17) is 0 Å². The van der Waals surface area contributed by atoms with Crippen molar-refractivity contribution in [2.24, 2.45) is 0 Å². The van der Waals surface area contributed by atoms with Crippen LogP contribution in [0.15, 0.2) is 48.5 Å². The highest BCUT2D eigenvalue weighted by Gasteiger charge is 2.21. The third kappa shape index (κ3) is 5.20. The van der Waals surface area contributed by atoms with Gasteiger partial charge < -0.3 is 14.9 Å². The normalized spacial score (nSPS) is 15.0. The fraction of sp³-hybridized carbons (Fsp3) is 0.381. The Morgan fingerprint density at radius 2 is 1.81 bits per heavy atom. The Hall–Kier alpha value is -2.60. The summed E-state index contributed by atoms with van der Waals surface area (Å²) in [7, 11) is 0. The monoisotopic (exact) mass is 371 g/mol. The van der Waals surface area contributed by atoms with Crippen LogP contribution in [0.4, 0.5) is 10.1 Å². The predicted octanol–water partition coefficient (Wildman–Crippen LogP) is 2.70. The molecule has 0 unspecified atom stereocenters. The van der Waals surface area contributed by atoms with Gasteiger partial charge in [0.15, 0.2) is 0 Å². The molecule has 0 bridgehead atoms. The summed E-state index contributed by atoms with van der Waals surface area (Å²) < 4.78 is 13.4. The van der Waals surface area contributed by atoms with Crippen LogP contribution in [0, 0.1) is 5.82 Å². The lowest BCUT2D eigenvalue weighted by Gasteiger charge is -2.36. The molecule has 144 valence electrons. The van der Waals surface area contributed by atoms with E-state index >= 15 is 0 Å². The molecule has 0 aromatic heterocycles. The first-order chi connectivity index (χ1) is 13.0. The van der Waals surface area contributed by atoms with E-state index in [2.05, 4.69) is 9.80 Å². The van der Waals surface area contributed by atoms with Crippen LogP contribution in [-0.2, 0) is 11.3 Å². The van der Waals surface area contributed by atoms with Gasteiger partial charge in [-0.15, -0.1) is 0 Å². The standard InChI is InChI=1S/C21H26FN3O2/c1-2-24(15-17-4-3-5-18(22)14-17)21(27)16-23-10-12-25(13-11-23)19-6-8-20(26)9-7-19/h3-9,14,26H,2,10-13,15-16H2,1H3. The summed E-state index contributed by atoms with van der Waals surface area (Å²) in [5, 5.41) is 9.40. The van der Waals surface area contributed by atoms with Crippen LogP contribution >= 0.6 is 0 Å². The molecule has 1 N–H and O–H groups in total. The minimum atomic E-state index is -0.277. The van der Waals surface area contributed by atoms with Crippen LogP contribution in [-0.4, -0.2) is 60.1 Å². The predicted molar refractivity (Wildman–Crippen MR) is 104 cm³/mol. The molecule has 1 heterocycles. The first-order valence-corrected chi connectivity index (χ1v) is 9.33. The van der Waals surface area contributed by atoms with Crippen molar-refractivity contribution in [1.29, 1.82) is 0 Å². The molecule has 27 heavy (non-hydrogen) atoms. The quantitative estimate of drug-likeness (QED) is 0.848. The number of hydrogen-bond donors (Lipinski definition) is 1. The van der Waals surface area contributed by atoms with Gasteiger partial charge in [0.1, 0.15) is 11.6 Å². The van der Waals surface area contributed by atoms with Gasteiger partial charge in [-0.2, -0.15) is 0 Å². The Morgan fingerprint density at radius 3 is 2.44 bits per heavy atom. The lowest BCUT2D eigenvalue weighted by molar-refractivity contribution is -0.132. The largest absolute Gasteiger partial charge is 0.508 e. The third-order valence-corrected chi connectivity index (χ3v) is 4.94. The van der Waals surface area contributed by atoms with Gasteiger partial charge in [-0.25, -0.2) is 4.39 Å². The van der Waals surface area contributed by atoms with Gasteiger partial charge in [-0.05, 0) is 48.9 Å². The van der Waals surface area contributed by atoms with Crippen molar-refractivity contribution in [1.82, 2.24) is 9.80 Å². The number of benzene rings is 2. The van der Waals surface area contributed by atoms with Crippen molar-refractivity contribution in [3.8, 4) is 5.75 Å². The first-order valence-electron chi connectivity index (χ1n) is 9.33. The van der Waals surface area contributed by atoms with E-state index in [0.29, 0.717) is 19.6 Å². The number of hydrogen-bond acceptors (Lipinski definition) is 4. The van der Waals surface area contributed by atoms with E-state index in [1.807, 2.05) is 25.1 Å². The number of carbonyl (C=O) groups is 1. The summed E-state index contributed by atoms with van der Waals surface area (Å²) in [6.45, 7) is 6.66. The van der Waals surface area contributed by atoms with E-state index in [1.165, 1.54) is 12.1 Å². The molecule has 6 heteroatoms. The van der Waals surface area contributed by atoms with Gasteiger partial charge in [-0.1, -0.05) is 12.1 Å². The third-order valence-electron chi connectivity index (χ3n) is 4.94. The number of piperazine rings is 1. The van der Waals surface area contributed by atoms with E-state index in [-0.39, 0.29) is 17.5 Å². The number of rotatable bonds is 6. The van der Waals surface area contributed by atoms with E-state index in [9.17, 15) is 14.3 Å². The molecule has 0 spiro atoms. The lowest BCUT2D eigenvalue weighted by Crippen LogP contribution is -2.50. The summed E-state index contributed by atoms with van der Waals surface area (Å²) in [4.78, 5) is 18.8. The number of likely N-dealkylation sites (N-methyl/N-ethyl adjacent to an activating group) is 1. The second-order valence-corrected chi connectivity index (χ2v) is 6.82. The Balaban J connectivity index is 1.51. The number of halogens is 1. The molecule has 5 nitrogen and oxygen atoms in total. The van der Waals surface area contributed by atoms with E-state index in [0.717, 1.165) is 37.4 Å². The molecule has 2 aromatic rings. The highest BCUT2D eigenvalue weighted by atomic mass is 19.1. The molecule has 2 aromatic carbocycles. The van der Waals surface area contributed by atoms with Crippen molar-refractivity contribution in [3.05, 3.63) is 59.9 Å². The molecule has 1 aliphatic rings. The molecule has 3 rings (SSSR count). The van der Waals surface area contributed by atoms with Crippen molar-refractivity contribution < 1.29 is 14.3 Å². The van der Waals surface area contributed by atoms with Gasteiger partial charge in [0.05, 0.1) is 6.54 Å². The van der Waals surface area contributed by atoms with Crippen LogP contribution < -0.4 is 4.90 Å². The fourth-order valence-electron chi connectivity index (χ4n) is 3.35. The summed E-state index contributed by atoms with van der Waals surface area (Å²) >= 11 is 0. The van der Waals surface area contributed by atoms with Gasteiger partial charge in [0, 0.05) is 45.0 Å². The molecule has 1 amide bonds. The molecule has 1 saturated heterocycles. The average Bonchev–Trinajstić information content (AvgIpc) is 2.67. The van der Waals surface area contributed by atoms with Crippen LogP contribution in [0.2, 0.25) is 0 Å². The molecule has 1 aliphatic heterocycles. The fourth-order valence-corrected chi connectivity index (χ4v) is 3.35. The number of phenols is 1. The van der Waals surface area contributed by atoms with Gasteiger partial charge in [0.2, 0.25) is 5.91 Å². The molecular weight excluding hydrogens is 345 g/mol. The summed E-state index contributed by atoms with van der Waals surface area (Å²) in [6, 6.07) is 13.6. The van der Waals surface area contributed by atoms with Crippen LogP contribution in [0.1, 0.15) is 12.5 Å². The SMILES string of the molecule is CCN(Cc1cccc(F)c1)C(=O)CN1CCN(c2ccc(O)cc2)CC1. The van der Waals surface area contributed by atoms with Crippen molar-refractivity contribution in [2.45, 2.75) is 13.5 Å². The summed E-state index contributed by atoms with van der Waals surface area (Å²) in [5.74, 6) is 0.0575. The Bertz CT molecular complexity index is 758. The van der Waals surface area contributed by atoms with Gasteiger partial charge in [0.25, 0.3) is 0 Å². The molecule has 0 saturated carbocycles. The smallest absolute Gasteiger partial charge is 0.237 e.